The van der Waals surface area contributed by atoms with Gasteiger partial charge in [0.25, 0.3) is 0 Å². The molecule has 2 aromatic carbocycles. The number of aliphatic imine (C=N–C) groups is 1. The van der Waals surface area contributed by atoms with Gasteiger partial charge in [-0.3, -0.25) is 0 Å². The summed E-state index contributed by atoms with van der Waals surface area (Å²) in [6.07, 6.45) is 2.50. The maximum atomic E-state index is 6.07. The molecule has 0 radical (unpaired) electrons. The minimum Gasteiger partial charge on any atom is -0.493 e. The first-order chi connectivity index (χ1) is 13.1. The fourth-order valence-corrected chi connectivity index (χ4v) is 2.78. The molecule has 28 heavy (non-hydrogen) atoms. The third kappa shape index (κ3) is 6.42. The van der Waals surface area contributed by atoms with E-state index in [9.17, 15) is 0 Å². The highest BCUT2D eigenvalue weighted by molar-refractivity contribution is 14.0. The van der Waals surface area contributed by atoms with Crippen molar-refractivity contribution in [3.8, 4) is 11.5 Å². The number of nitrogens with two attached hydrogens (primary N) is 1. The highest BCUT2D eigenvalue weighted by Gasteiger charge is 2.11. The Labute approximate surface area is 183 Å². The molecule has 0 fully saturated rings. The van der Waals surface area contributed by atoms with Gasteiger partial charge in [0.2, 0.25) is 0 Å². The lowest BCUT2D eigenvalue weighted by Crippen LogP contribution is -2.23. The minimum absolute atomic E-state index is 0. The van der Waals surface area contributed by atoms with Gasteiger partial charge in [0.15, 0.2) is 17.5 Å². The Bertz CT molecular complexity index is 809. The van der Waals surface area contributed by atoms with Crippen LogP contribution in [-0.4, -0.2) is 27.3 Å². The number of allylic oxidation sites excluding steroid dienone is 1. The van der Waals surface area contributed by atoms with Crippen molar-refractivity contribution in [2.75, 3.05) is 26.6 Å². The van der Waals surface area contributed by atoms with Gasteiger partial charge in [-0.15, -0.1) is 30.6 Å². The molecular weight excluding hydrogens is 469 g/mol. The van der Waals surface area contributed by atoms with E-state index in [1.807, 2.05) is 42.5 Å². The summed E-state index contributed by atoms with van der Waals surface area (Å²) < 4.78 is 16.1. The zero-order valence-electron chi connectivity index (χ0n) is 16.5. The second-order valence-electron chi connectivity index (χ2n) is 5.90. The van der Waals surface area contributed by atoms with Gasteiger partial charge in [0.1, 0.15) is 0 Å². The van der Waals surface area contributed by atoms with Crippen molar-refractivity contribution in [3.63, 3.8) is 0 Å². The number of methoxy groups -OCH3 is 3. The van der Waals surface area contributed by atoms with Crippen molar-refractivity contribution in [3.05, 3.63) is 65.7 Å². The van der Waals surface area contributed by atoms with E-state index in [1.165, 1.54) is 0 Å². The van der Waals surface area contributed by atoms with E-state index in [0.29, 0.717) is 37.0 Å². The number of para-hydroxylation sites is 1. The van der Waals surface area contributed by atoms with Crippen LogP contribution in [0, 0.1) is 0 Å². The Balaban J connectivity index is 0.00000392. The first-order valence-corrected chi connectivity index (χ1v) is 8.61. The number of hydrogen-bond donors (Lipinski definition) is 2. The summed E-state index contributed by atoms with van der Waals surface area (Å²) in [5, 5.41) is 3.13. The van der Waals surface area contributed by atoms with Crippen molar-refractivity contribution >= 4 is 35.6 Å². The quantitative estimate of drug-likeness (QED) is 0.236. The van der Waals surface area contributed by atoms with Crippen LogP contribution in [0.15, 0.2) is 54.0 Å². The number of hydrogen-bond acceptors (Lipinski definition) is 4. The van der Waals surface area contributed by atoms with Gasteiger partial charge in [-0.1, -0.05) is 24.3 Å². The van der Waals surface area contributed by atoms with Crippen LogP contribution >= 0.6 is 24.0 Å². The highest BCUT2D eigenvalue weighted by atomic mass is 127. The molecule has 0 bridgehead atoms. The number of halogens is 1. The Morgan fingerprint density at radius 2 is 1.89 bits per heavy atom. The molecule has 0 aliphatic heterocycles. The molecule has 2 aromatic rings. The Morgan fingerprint density at radius 1 is 1.14 bits per heavy atom. The molecule has 0 aliphatic carbocycles. The van der Waals surface area contributed by atoms with Crippen LogP contribution in [0.4, 0.5) is 5.69 Å². The van der Waals surface area contributed by atoms with E-state index >= 15 is 0 Å². The lowest BCUT2D eigenvalue weighted by atomic mass is 10.1. The summed E-state index contributed by atoms with van der Waals surface area (Å²) in [4.78, 5) is 4.44. The molecule has 6 nitrogen and oxygen atoms in total. The first-order valence-electron chi connectivity index (χ1n) is 8.61. The topological polar surface area (TPSA) is 78.1 Å². The SMILES string of the molecule is C=CCc1cc(CN=C(N)Nc2ccccc2COC)cc(OC)c1OC.I. The largest absolute Gasteiger partial charge is 0.493 e. The van der Waals surface area contributed by atoms with Crippen molar-refractivity contribution in [1.82, 2.24) is 0 Å². The van der Waals surface area contributed by atoms with Crippen molar-refractivity contribution < 1.29 is 14.2 Å². The van der Waals surface area contributed by atoms with Crippen LogP contribution < -0.4 is 20.5 Å². The van der Waals surface area contributed by atoms with Gasteiger partial charge >= 0.3 is 0 Å². The van der Waals surface area contributed by atoms with Crippen LogP contribution in [0.25, 0.3) is 0 Å². The van der Waals surface area contributed by atoms with E-state index in [4.69, 9.17) is 19.9 Å². The van der Waals surface area contributed by atoms with Gasteiger partial charge in [-0.2, -0.15) is 0 Å². The van der Waals surface area contributed by atoms with Crippen molar-refractivity contribution in [2.45, 2.75) is 19.6 Å². The molecule has 0 saturated carbocycles. The van der Waals surface area contributed by atoms with Crippen LogP contribution in [0.2, 0.25) is 0 Å². The highest BCUT2D eigenvalue weighted by Crippen LogP contribution is 2.33. The van der Waals surface area contributed by atoms with Crippen LogP contribution in [-0.2, 0) is 24.3 Å². The average molecular weight is 497 g/mol. The van der Waals surface area contributed by atoms with Gasteiger partial charge < -0.3 is 25.3 Å². The zero-order valence-corrected chi connectivity index (χ0v) is 18.9. The summed E-state index contributed by atoms with van der Waals surface area (Å²) >= 11 is 0. The minimum atomic E-state index is 0. The third-order valence-corrected chi connectivity index (χ3v) is 3.99. The van der Waals surface area contributed by atoms with Gasteiger partial charge in [0, 0.05) is 23.9 Å². The molecule has 0 saturated heterocycles. The average Bonchev–Trinajstić information content (AvgIpc) is 2.68. The molecule has 152 valence electrons. The number of anilines is 1. The number of guanidine groups is 1. The second kappa shape index (κ2) is 12.2. The van der Waals surface area contributed by atoms with E-state index in [-0.39, 0.29) is 24.0 Å². The first kappa shape index (κ1) is 23.8. The maximum Gasteiger partial charge on any atom is 0.193 e. The van der Waals surface area contributed by atoms with Crippen LogP contribution in [0.1, 0.15) is 16.7 Å². The maximum absolute atomic E-state index is 6.07. The fourth-order valence-electron chi connectivity index (χ4n) is 2.78. The predicted molar refractivity (Wildman–Crippen MR) is 125 cm³/mol. The van der Waals surface area contributed by atoms with E-state index in [2.05, 4.69) is 16.9 Å². The fraction of sp³-hybridized carbons (Fsp3) is 0.286. The van der Waals surface area contributed by atoms with E-state index < -0.39 is 0 Å². The molecule has 0 aliphatic rings. The number of nitrogens with zero attached hydrogens (tertiary/aromatic N) is 1. The summed E-state index contributed by atoms with van der Waals surface area (Å²) in [5.41, 5.74) is 9.92. The molecule has 0 heterocycles. The molecule has 0 aromatic heterocycles. The molecule has 3 N–H and O–H groups in total. The lowest BCUT2D eigenvalue weighted by Gasteiger charge is -2.14. The smallest absolute Gasteiger partial charge is 0.193 e. The third-order valence-electron chi connectivity index (χ3n) is 3.99. The molecule has 7 heteroatoms. The van der Waals surface area contributed by atoms with Gasteiger partial charge in [-0.05, 0) is 30.2 Å². The molecular formula is C21H28IN3O3. The van der Waals surface area contributed by atoms with Crippen LogP contribution in [0.5, 0.6) is 11.5 Å². The molecule has 0 unspecified atom stereocenters. The van der Waals surface area contributed by atoms with Gasteiger partial charge in [0.05, 0.1) is 27.4 Å². The Hall–Kier alpha value is -2.26. The van der Waals surface area contributed by atoms with Crippen molar-refractivity contribution in [1.29, 1.82) is 0 Å². The number of rotatable bonds is 9. The Kier molecular flexibility index (Phi) is 10.4. The summed E-state index contributed by atoms with van der Waals surface area (Å²) in [6, 6.07) is 11.7. The number of ether oxygens (including phenoxy) is 3. The summed E-state index contributed by atoms with van der Waals surface area (Å²) in [5.74, 6) is 1.71. The van der Waals surface area contributed by atoms with Crippen LogP contribution in [0.3, 0.4) is 0 Å². The standard InChI is InChI=1S/C21H27N3O3.HI/c1-5-8-16-11-15(12-19(26-3)20(16)27-4)13-23-21(22)24-18-10-7-6-9-17(18)14-25-2;/h5-7,9-12H,1,8,13-14H2,2-4H3,(H3,22,23,24);1H. The predicted octanol–water partition coefficient (Wildman–Crippen LogP) is 4.12. The van der Waals surface area contributed by atoms with E-state index in [0.717, 1.165) is 22.4 Å². The summed E-state index contributed by atoms with van der Waals surface area (Å²) in [7, 11) is 4.90. The summed E-state index contributed by atoms with van der Waals surface area (Å²) in [6.45, 7) is 4.71. The molecule has 2 rings (SSSR count). The Morgan fingerprint density at radius 3 is 2.54 bits per heavy atom. The zero-order chi connectivity index (χ0) is 19.6. The molecule has 0 spiro atoms. The van der Waals surface area contributed by atoms with E-state index in [1.54, 1.807) is 21.3 Å². The monoisotopic (exact) mass is 497 g/mol. The van der Waals surface area contributed by atoms with Crippen molar-refractivity contribution in [2.24, 2.45) is 10.7 Å². The number of nitrogens with one attached hydrogen (secondary N) is 1. The molecule has 0 amide bonds. The normalized spacial score (nSPS) is 10.8. The van der Waals surface area contributed by atoms with Gasteiger partial charge in [-0.25, -0.2) is 4.99 Å². The second-order valence-corrected chi connectivity index (χ2v) is 5.90. The lowest BCUT2D eigenvalue weighted by molar-refractivity contribution is 0.185. The molecule has 0 atom stereocenters. The number of benzene rings is 2.